The third-order valence-corrected chi connectivity index (χ3v) is 3.25. The van der Waals surface area contributed by atoms with Crippen LogP contribution in [0, 0.1) is 0 Å². The van der Waals surface area contributed by atoms with Gasteiger partial charge in [0.1, 0.15) is 5.82 Å². The summed E-state index contributed by atoms with van der Waals surface area (Å²) in [5.41, 5.74) is 2.44. The molecule has 4 nitrogen and oxygen atoms in total. The van der Waals surface area contributed by atoms with E-state index in [9.17, 15) is 0 Å². The number of nitrogens with zero attached hydrogens (tertiary/aromatic N) is 3. The lowest BCUT2D eigenvalue weighted by atomic mass is 10.1. The van der Waals surface area contributed by atoms with E-state index >= 15 is 0 Å². The first kappa shape index (κ1) is 13.5. The summed E-state index contributed by atoms with van der Waals surface area (Å²) in [6.45, 7) is 2.96. The Morgan fingerprint density at radius 2 is 1.95 bits per heavy atom. The van der Waals surface area contributed by atoms with E-state index in [1.54, 1.807) is 0 Å². The van der Waals surface area contributed by atoms with Gasteiger partial charge in [-0.1, -0.05) is 6.07 Å². The quantitative estimate of drug-likeness (QED) is 0.892. The highest BCUT2D eigenvalue weighted by atomic mass is 15.2. The minimum Gasteiger partial charge on any atom is -0.355 e. The van der Waals surface area contributed by atoms with Crippen molar-refractivity contribution in [2.45, 2.75) is 19.5 Å². The number of hydrogen-bond donors (Lipinski definition) is 1. The van der Waals surface area contributed by atoms with Crippen molar-refractivity contribution in [2.24, 2.45) is 0 Å². The molecule has 2 heterocycles. The first-order chi connectivity index (χ1) is 9.22. The van der Waals surface area contributed by atoms with Crippen LogP contribution in [-0.2, 0) is 6.54 Å². The average molecular weight is 256 g/mol. The summed E-state index contributed by atoms with van der Waals surface area (Å²) in [6.07, 6.45) is 5.47. The first-order valence-corrected chi connectivity index (χ1v) is 6.44. The Morgan fingerprint density at radius 3 is 2.63 bits per heavy atom. The highest BCUT2D eigenvalue weighted by Gasteiger charge is 2.13. The summed E-state index contributed by atoms with van der Waals surface area (Å²) in [5.74, 6) is 1.01. The summed E-state index contributed by atoms with van der Waals surface area (Å²) in [4.78, 5) is 10.7. The zero-order valence-electron chi connectivity index (χ0n) is 11.7. The molecule has 0 saturated carbocycles. The van der Waals surface area contributed by atoms with E-state index in [0.717, 1.165) is 12.4 Å². The Kier molecular flexibility index (Phi) is 4.47. The van der Waals surface area contributed by atoms with Gasteiger partial charge < -0.3 is 10.2 Å². The first-order valence-electron chi connectivity index (χ1n) is 6.44. The fourth-order valence-electron chi connectivity index (χ4n) is 2.06. The van der Waals surface area contributed by atoms with Gasteiger partial charge >= 0.3 is 0 Å². The lowest BCUT2D eigenvalue weighted by Gasteiger charge is -2.23. The van der Waals surface area contributed by atoms with E-state index in [-0.39, 0.29) is 6.04 Å². The molecule has 0 fully saturated rings. The summed E-state index contributed by atoms with van der Waals surface area (Å²) >= 11 is 0. The van der Waals surface area contributed by atoms with E-state index in [0.29, 0.717) is 0 Å². The number of pyridine rings is 2. The van der Waals surface area contributed by atoms with E-state index < -0.39 is 0 Å². The smallest absolute Gasteiger partial charge is 0.133 e. The summed E-state index contributed by atoms with van der Waals surface area (Å²) < 4.78 is 0. The monoisotopic (exact) mass is 256 g/mol. The van der Waals surface area contributed by atoms with Crippen LogP contribution in [0.2, 0.25) is 0 Å². The van der Waals surface area contributed by atoms with Crippen LogP contribution in [0.3, 0.4) is 0 Å². The highest BCUT2D eigenvalue weighted by Crippen LogP contribution is 2.23. The van der Waals surface area contributed by atoms with Crippen molar-refractivity contribution in [1.82, 2.24) is 15.3 Å². The van der Waals surface area contributed by atoms with E-state index in [4.69, 9.17) is 0 Å². The highest BCUT2D eigenvalue weighted by molar-refractivity contribution is 5.48. The molecule has 0 spiro atoms. The molecule has 1 atom stereocenters. The van der Waals surface area contributed by atoms with E-state index in [1.807, 2.05) is 43.8 Å². The molecule has 1 unspecified atom stereocenters. The maximum Gasteiger partial charge on any atom is 0.133 e. The van der Waals surface area contributed by atoms with Crippen molar-refractivity contribution in [3.63, 3.8) is 0 Å². The van der Waals surface area contributed by atoms with Crippen molar-refractivity contribution in [2.75, 3.05) is 19.0 Å². The van der Waals surface area contributed by atoms with E-state index in [1.165, 1.54) is 11.1 Å². The number of nitrogens with one attached hydrogen (secondary N) is 1. The SMILES string of the molecule is CNC(C)c1cccnc1N(C)Cc1ccncc1. The molecule has 0 bridgehead atoms. The second-order valence-corrected chi connectivity index (χ2v) is 4.64. The molecule has 1 N–H and O–H groups in total. The zero-order valence-corrected chi connectivity index (χ0v) is 11.7. The van der Waals surface area contributed by atoms with Gasteiger partial charge in [-0.3, -0.25) is 4.98 Å². The van der Waals surface area contributed by atoms with Crippen molar-refractivity contribution in [3.05, 3.63) is 54.0 Å². The summed E-state index contributed by atoms with van der Waals surface area (Å²) in [6, 6.07) is 8.43. The minimum absolute atomic E-state index is 0.281. The van der Waals surface area contributed by atoms with Crippen LogP contribution in [-0.4, -0.2) is 24.1 Å². The molecule has 2 aromatic heterocycles. The third kappa shape index (κ3) is 3.29. The molecule has 0 saturated heterocycles. The minimum atomic E-state index is 0.281. The van der Waals surface area contributed by atoms with Crippen LogP contribution in [0.15, 0.2) is 42.9 Å². The predicted octanol–water partition coefficient (Wildman–Crippen LogP) is 2.39. The Morgan fingerprint density at radius 1 is 1.21 bits per heavy atom. The number of hydrogen-bond acceptors (Lipinski definition) is 4. The number of anilines is 1. The Bertz CT molecular complexity index is 513. The van der Waals surface area contributed by atoms with Gasteiger partial charge in [0.05, 0.1) is 0 Å². The van der Waals surface area contributed by atoms with Gasteiger partial charge in [0.25, 0.3) is 0 Å². The zero-order chi connectivity index (χ0) is 13.7. The second-order valence-electron chi connectivity index (χ2n) is 4.64. The van der Waals surface area contributed by atoms with Crippen molar-refractivity contribution in [3.8, 4) is 0 Å². The van der Waals surface area contributed by atoms with Gasteiger partial charge in [-0.05, 0) is 37.7 Å². The second kappa shape index (κ2) is 6.29. The van der Waals surface area contributed by atoms with Gasteiger partial charge in [-0.2, -0.15) is 0 Å². The molecule has 0 amide bonds. The lowest BCUT2D eigenvalue weighted by molar-refractivity contribution is 0.646. The maximum absolute atomic E-state index is 4.51. The molecule has 2 aromatic rings. The standard InChI is InChI=1S/C15H20N4/c1-12(16-2)14-5-4-8-18-15(14)19(3)11-13-6-9-17-10-7-13/h4-10,12,16H,11H2,1-3H3. The van der Waals surface area contributed by atoms with Gasteiger partial charge in [-0.25, -0.2) is 4.98 Å². The normalized spacial score (nSPS) is 12.2. The molecule has 0 aliphatic carbocycles. The van der Waals surface area contributed by atoms with Crippen molar-refractivity contribution >= 4 is 5.82 Å². The summed E-state index contributed by atoms with van der Waals surface area (Å²) in [5, 5.41) is 3.26. The topological polar surface area (TPSA) is 41.1 Å². The maximum atomic E-state index is 4.51. The molecule has 19 heavy (non-hydrogen) atoms. The fourth-order valence-corrected chi connectivity index (χ4v) is 2.06. The summed E-state index contributed by atoms with van der Waals surface area (Å²) in [7, 11) is 4.03. The van der Waals surface area contributed by atoms with Gasteiger partial charge in [0, 0.05) is 43.8 Å². The fraction of sp³-hybridized carbons (Fsp3) is 0.333. The molecule has 0 aromatic carbocycles. The molecule has 0 aliphatic rings. The average Bonchev–Trinajstić information content (AvgIpc) is 2.47. The van der Waals surface area contributed by atoms with Gasteiger partial charge in [-0.15, -0.1) is 0 Å². The van der Waals surface area contributed by atoms with Gasteiger partial charge in [0.2, 0.25) is 0 Å². The Balaban J connectivity index is 2.21. The largest absolute Gasteiger partial charge is 0.355 e. The van der Waals surface area contributed by atoms with Gasteiger partial charge in [0.15, 0.2) is 0 Å². The Hall–Kier alpha value is -1.94. The predicted molar refractivity (Wildman–Crippen MR) is 78.1 cm³/mol. The Labute approximate surface area is 114 Å². The molecule has 4 heteroatoms. The van der Waals surface area contributed by atoms with Crippen molar-refractivity contribution in [1.29, 1.82) is 0 Å². The van der Waals surface area contributed by atoms with Crippen LogP contribution in [0.25, 0.3) is 0 Å². The third-order valence-electron chi connectivity index (χ3n) is 3.25. The van der Waals surface area contributed by atoms with Crippen LogP contribution < -0.4 is 10.2 Å². The molecule has 2 rings (SSSR count). The van der Waals surface area contributed by atoms with Crippen molar-refractivity contribution < 1.29 is 0 Å². The van der Waals surface area contributed by atoms with Crippen LogP contribution in [0.4, 0.5) is 5.82 Å². The number of rotatable bonds is 5. The molecule has 0 aliphatic heterocycles. The van der Waals surface area contributed by atoms with Crippen LogP contribution in [0.5, 0.6) is 0 Å². The van der Waals surface area contributed by atoms with Crippen LogP contribution >= 0.6 is 0 Å². The molecular weight excluding hydrogens is 236 g/mol. The molecular formula is C15H20N4. The molecule has 0 radical (unpaired) electrons. The molecule has 100 valence electrons. The van der Waals surface area contributed by atoms with E-state index in [2.05, 4.69) is 40.2 Å². The number of aromatic nitrogens is 2. The lowest BCUT2D eigenvalue weighted by Crippen LogP contribution is -2.22. The van der Waals surface area contributed by atoms with Crippen LogP contribution in [0.1, 0.15) is 24.1 Å².